The number of methoxy groups -OCH3 is 1. The number of amides is 1. The highest BCUT2D eigenvalue weighted by atomic mass is 16.6. The van der Waals surface area contributed by atoms with Crippen LogP contribution >= 0.6 is 0 Å². The van der Waals surface area contributed by atoms with Gasteiger partial charge < -0.3 is 10.5 Å². The van der Waals surface area contributed by atoms with E-state index in [1.54, 1.807) is 6.07 Å². The topological polar surface area (TPSA) is 107 Å². The Hall–Kier alpha value is -2.15. The van der Waals surface area contributed by atoms with Crippen LogP contribution in [0.15, 0.2) is 18.2 Å². The third-order valence-electron chi connectivity index (χ3n) is 4.27. The fourth-order valence-electron chi connectivity index (χ4n) is 2.95. The van der Waals surface area contributed by atoms with Gasteiger partial charge in [-0.1, -0.05) is 19.3 Å². The number of nitro benzene ring substituents is 1. The molecule has 3 N–H and O–H groups in total. The van der Waals surface area contributed by atoms with Gasteiger partial charge in [0.05, 0.1) is 17.6 Å². The number of ether oxygens (including phenoxy) is 1. The Morgan fingerprint density at radius 3 is 2.64 bits per heavy atom. The van der Waals surface area contributed by atoms with E-state index in [0.29, 0.717) is 30.7 Å². The first-order chi connectivity index (χ1) is 10.5. The molecule has 1 amide bonds. The van der Waals surface area contributed by atoms with Gasteiger partial charge in [-0.25, -0.2) is 0 Å². The van der Waals surface area contributed by atoms with E-state index in [0.717, 1.165) is 19.3 Å². The molecular formula is C15H21N3O4. The summed E-state index contributed by atoms with van der Waals surface area (Å²) in [7, 11) is 1.51. The van der Waals surface area contributed by atoms with Crippen molar-refractivity contribution in [2.45, 2.75) is 44.2 Å². The molecule has 2 rings (SSSR count). The number of hydrogen-bond donors (Lipinski definition) is 2. The molecule has 1 aromatic carbocycles. The van der Waals surface area contributed by atoms with Crippen LogP contribution in [0.2, 0.25) is 0 Å². The molecule has 7 heteroatoms. The number of rotatable bonds is 6. The Balaban J connectivity index is 2.20. The van der Waals surface area contributed by atoms with Crippen molar-refractivity contribution in [1.82, 2.24) is 5.32 Å². The summed E-state index contributed by atoms with van der Waals surface area (Å²) in [6.07, 6.45) is 4.38. The summed E-state index contributed by atoms with van der Waals surface area (Å²) in [5, 5.41) is 14.1. The summed E-state index contributed by atoms with van der Waals surface area (Å²) in [6, 6.07) is 4.42. The predicted molar refractivity (Wildman–Crippen MR) is 81.5 cm³/mol. The van der Waals surface area contributed by atoms with Crippen LogP contribution in [0.3, 0.4) is 0 Å². The molecule has 22 heavy (non-hydrogen) atoms. The van der Waals surface area contributed by atoms with E-state index >= 15 is 0 Å². The summed E-state index contributed by atoms with van der Waals surface area (Å²) in [5.41, 5.74) is 5.48. The number of benzene rings is 1. The van der Waals surface area contributed by atoms with Crippen molar-refractivity contribution < 1.29 is 14.5 Å². The molecular weight excluding hydrogens is 286 g/mol. The normalized spacial score (nSPS) is 17.0. The van der Waals surface area contributed by atoms with Crippen LogP contribution in [0.4, 0.5) is 5.69 Å². The van der Waals surface area contributed by atoms with Gasteiger partial charge in [0, 0.05) is 24.2 Å². The molecule has 0 saturated heterocycles. The standard InChI is InChI=1S/C15H21N3O4/c1-22-13-6-5-12(18(20)21)9-11(13)10-17-15(14(16)19)7-3-2-4-8-15/h5-6,9,17H,2-4,7-8,10H2,1H3,(H2,16,19). The Morgan fingerprint density at radius 2 is 2.09 bits per heavy atom. The second-order valence-electron chi connectivity index (χ2n) is 5.61. The third kappa shape index (κ3) is 3.36. The zero-order chi connectivity index (χ0) is 16.2. The predicted octanol–water partition coefficient (Wildman–Crippen LogP) is 1.88. The largest absolute Gasteiger partial charge is 0.496 e. The second-order valence-corrected chi connectivity index (χ2v) is 5.61. The van der Waals surface area contributed by atoms with Crippen LogP contribution in [0, 0.1) is 10.1 Å². The van der Waals surface area contributed by atoms with Gasteiger partial charge in [0.1, 0.15) is 5.75 Å². The van der Waals surface area contributed by atoms with Crippen LogP contribution in [0.1, 0.15) is 37.7 Å². The van der Waals surface area contributed by atoms with Gasteiger partial charge in [-0.2, -0.15) is 0 Å². The maximum Gasteiger partial charge on any atom is 0.270 e. The number of nitrogens with one attached hydrogen (secondary N) is 1. The molecule has 120 valence electrons. The van der Waals surface area contributed by atoms with Gasteiger partial charge in [0.15, 0.2) is 0 Å². The zero-order valence-corrected chi connectivity index (χ0v) is 12.6. The van der Waals surface area contributed by atoms with Crippen LogP contribution in [0.5, 0.6) is 5.75 Å². The lowest BCUT2D eigenvalue weighted by atomic mass is 9.81. The Kier molecular flexibility index (Phi) is 4.97. The summed E-state index contributed by atoms with van der Waals surface area (Å²) in [4.78, 5) is 22.3. The molecule has 0 heterocycles. The second kappa shape index (κ2) is 6.74. The molecule has 0 aliphatic heterocycles. The maximum atomic E-state index is 11.8. The highest BCUT2D eigenvalue weighted by Crippen LogP contribution is 2.30. The van der Waals surface area contributed by atoms with Gasteiger partial charge in [0.25, 0.3) is 5.69 Å². The summed E-state index contributed by atoms with van der Waals surface area (Å²) >= 11 is 0. The number of nitrogens with zero attached hydrogens (tertiary/aromatic N) is 1. The Bertz CT molecular complexity index is 568. The molecule has 0 bridgehead atoms. The Morgan fingerprint density at radius 1 is 1.41 bits per heavy atom. The van der Waals surface area contributed by atoms with E-state index in [1.165, 1.54) is 19.2 Å². The number of hydrogen-bond acceptors (Lipinski definition) is 5. The van der Waals surface area contributed by atoms with Crippen molar-refractivity contribution in [3.63, 3.8) is 0 Å². The smallest absolute Gasteiger partial charge is 0.270 e. The molecule has 1 fully saturated rings. The summed E-state index contributed by atoms with van der Waals surface area (Å²) in [5.74, 6) is 0.185. The van der Waals surface area contributed by atoms with Crippen molar-refractivity contribution in [2.24, 2.45) is 5.73 Å². The van der Waals surface area contributed by atoms with Crippen LogP contribution < -0.4 is 15.8 Å². The van der Waals surface area contributed by atoms with Gasteiger partial charge >= 0.3 is 0 Å². The molecule has 1 aliphatic rings. The third-order valence-corrected chi connectivity index (χ3v) is 4.27. The van der Waals surface area contributed by atoms with E-state index < -0.39 is 10.5 Å². The van der Waals surface area contributed by atoms with E-state index in [4.69, 9.17) is 10.5 Å². The first-order valence-corrected chi connectivity index (χ1v) is 7.35. The van der Waals surface area contributed by atoms with Crippen LogP contribution in [0.25, 0.3) is 0 Å². The number of nitrogens with two attached hydrogens (primary N) is 1. The Labute approximate surface area is 129 Å². The number of nitro groups is 1. The van der Waals surface area contributed by atoms with E-state index in [9.17, 15) is 14.9 Å². The van der Waals surface area contributed by atoms with Crippen molar-refractivity contribution in [3.8, 4) is 5.75 Å². The average Bonchev–Trinajstić information content (AvgIpc) is 2.53. The maximum absolute atomic E-state index is 11.8. The average molecular weight is 307 g/mol. The minimum absolute atomic E-state index is 0.00521. The van der Waals surface area contributed by atoms with Gasteiger partial charge in [0.2, 0.25) is 5.91 Å². The van der Waals surface area contributed by atoms with Crippen molar-refractivity contribution in [2.75, 3.05) is 7.11 Å². The summed E-state index contributed by atoms with van der Waals surface area (Å²) in [6.45, 7) is 0.299. The minimum atomic E-state index is -0.728. The number of carbonyl (C=O) groups is 1. The number of primary amides is 1. The van der Waals surface area contributed by atoms with Crippen LogP contribution in [-0.2, 0) is 11.3 Å². The molecule has 0 spiro atoms. The summed E-state index contributed by atoms with van der Waals surface area (Å²) < 4.78 is 5.23. The molecule has 0 aromatic heterocycles. The lowest BCUT2D eigenvalue weighted by Crippen LogP contribution is -2.56. The minimum Gasteiger partial charge on any atom is -0.496 e. The first kappa shape index (κ1) is 16.2. The zero-order valence-electron chi connectivity index (χ0n) is 12.6. The SMILES string of the molecule is COc1ccc([N+](=O)[O-])cc1CNC1(C(N)=O)CCCCC1. The molecule has 7 nitrogen and oxygen atoms in total. The number of carbonyl (C=O) groups excluding carboxylic acids is 1. The van der Waals surface area contributed by atoms with Crippen molar-refractivity contribution in [1.29, 1.82) is 0 Å². The molecule has 0 atom stereocenters. The lowest BCUT2D eigenvalue weighted by molar-refractivity contribution is -0.384. The molecule has 0 radical (unpaired) electrons. The van der Waals surface area contributed by atoms with E-state index in [1.807, 2.05) is 0 Å². The van der Waals surface area contributed by atoms with E-state index in [2.05, 4.69) is 5.32 Å². The quantitative estimate of drug-likeness (QED) is 0.616. The molecule has 0 unspecified atom stereocenters. The molecule has 1 aromatic rings. The van der Waals surface area contributed by atoms with Crippen molar-refractivity contribution >= 4 is 11.6 Å². The molecule has 1 saturated carbocycles. The van der Waals surface area contributed by atoms with Gasteiger partial charge in [-0.05, 0) is 18.9 Å². The van der Waals surface area contributed by atoms with Gasteiger partial charge in [-0.3, -0.25) is 20.2 Å². The fraction of sp³-hybridized carbons (Fsp3) is 0.533. The highest BCUT2D eigenvalue weighted by molar-refractivity contribution is 5.84. The van der Waals surface area contributed by atoms with Gasteiger partial charge in [-0.15, -0.1) is 0 Å². The highest BCUT2D eigenvalue weighted by Gasteiger charge is 2.37. The number of non-ortho nitro benzene ring substituents is 1. The van der Waals surface area contributed by atoms with Crippen LogP contribution in [-0.4, -0.2) is 23.5 Å². The van der Waals surface area contributed by atoms with E-state index in [-0.39, 0.29) is 11.6 Å². The molecule has 1 aliphatic carbocycles. The fourth-order valence-corrected chi connectivity index (χ4v) is 2.95. The van der Waals surface area contributed by atoms with Crippen molar-refractivity contribution in [3.05, 3.63) is 33.9 Å². The monoisotopic (exact) mass is 307 g/mol. The lowest BCUT2D eigenvalue weighted by Gasteiger charge is -2.35. The first-order valence-electron chi connectivity index (χ1n) is 7.35.